The highest BCUT2D eigenvalue weighted by Gasteiger charge is 2.34. The van der Waals surface area contributed by atoms with Crippen LogP contribution < -0.4 is 28.4 Å². The van der Waals surface area contributed by atoms with E-state index in [1.807, 2.05) is 100 Å². The summed E-state index contributed by atoms with van der Waals surface area (Å²) < 4.78 is 65.0. The van der Waals surface area contributed by atoms with Crippen LogP contribution in [0.4, 0.5) is 0 Å². The second-order valence-electron chi connectivity index (χ2n) is 28.9. The minimum Gasteiger partial charge on any atom is -0.462 e. The number of rotatable bonds is 24. The van der Waals surface area contributed by atoms with Gasteiger partial charge in [-0.1, -0.05) is 256 Å². The lowest BCUT2D eigenvalue weighted by Gasteiger charge is -2.29. The smallest absolute Gasteiger partial charge is 0.223 e. The maximum absolute atomic E-state index is 5.69. The fourth-order valence-electron chi connectivity index (χ4n) is 12.2. The van der Waals surface area contributed by atoms with Crippen LogP contribution in [0.1, 0.15) is 178 Å². The Kier molecular flexibility index (Phi) is 22.4. The third kappa shape index (κ3) is 18.4. The van der Waals surface area contributed by atoms with Crippen LogP contribution in [-0.4, -0.2) is 77.4 Å². The molecule has 0 N–H and O–H groups in total. The van der Waals surface area contributed by atoms with Crippen LogP contribution in [-0.2, 0) is 60.9 Å². The molecule has 6 unspecified atom stereocenters. The summed E-state index contributed by atoms with van der Waals surface area (Å²) in [6, 6.07) is 77.1. The van der Waals surface area contributed by atoms with Crippen LogP contribution in [0.25, 0.3) is 0 Å². The molecule has 0 aliphatic carbocycles. The van der Waals surface area contributed by atoms with Gasteiger partial charge >= 0.3 is 0 Å². The first-order valence-electron chi connectivity index (χ1n) is 35.6. The number of hydrogen-bond donors (Lipinski definition) is 0. The first-order valence-corrected chi connectivity index (χ1v) is 35.6. The van der Waals surface area contributed by atoms with Gasteiger partial charge in [-0.15, -0.1) is 0 Å². The first kappa shape index (κ1) is 72.8. The largest absolute Gasteiger partial charge is 0.462 e. The maximum atomic E-state index is 5.69. The molecule has 6 atom stereocenters. The third-order valence-electron chi connectivity index (χ3n) is 19.9. The minimum absolute atomic E-state index is 0.0688. The summed E-state index contributed by atoms with van der Waals surface area (Å²) in [5.74, 6) is 5.11. The van der Waals surface area contributed by atoms with Gasteiger partial charge in [-0.25, -0.2) is 0 Å². The molecule has 9 aromatic carbocycles. The molecular formula is C88H102O12. The SMILES string of the molecule is CC.CC.CC(C)(c1ccc(OC2CO2)cc1)c1ccc(C(C)(C)c2ccc(OC3CO3)cc2)cc1.CC(C)(c1ccc(OC2CO2)cc1)c1ccc(C(C)(C)c2ccc(OC3CO3)cc2)cc1.CC(C)(c1ccc(OC2CO2)cc1)c1ccc(C(C)(C)c2ccc(OC3CO3)cc2)cc1. The van der Waals surface area contributed by atoms with Crippen LogP contribution >= 0.6 is 0 Å². The van der Waals surface area contributed by atoms with E-state index in [0.717, 1.165) is 34.5 Å². The number of hydrogen-bond acceptors (Lipinski definition) is 12. The summed E-state index contributed by atoms with van der Waals surface area (Å²) in [6.07, 6.45) is -0.413. The van der Waals surface area contributed by atoms with Crippen molar-refractivity contribution in [2.24, 2.45) is 0 Å². The van der Waals surface area contributed by atoms with E-state index in [4.69, 9.17) is 56.8 Å². The Morgan fingerprint density at radius 1 is 0.180 bits per heavy atom. The van der Waals surface area contributed by atoms with Crippen molar-refractivity contribution in [3.05, 3.63) is 285 Å². The van der Waals surface area contributed by atoms with Crippen molar-refractivity contribution in [2.45, 2.75) is 181 Å². The lowest BCUT2D eigenvalue weighted by molar-refractivity contribution is 0.179. The van der Waals surface area contributed by atoms with E-state index in [1.54, 1.807) is 0 Å². The fourth-order valence-corrected chi connectivity index (χ4v) is 12.2. The molecule has 6 fully saturated rings. The molecule has 15 rings (SSSR count). The van der Waals surface area contributed by atoms with Gasteiger partial charge in [0.05, 0.1) is 0 Å². The topological polar surface area (TPSA) is 131 Å². The predicted octanol–water partition coefficient (Wildman–Crippen LogP) is 19.5. The summed E-state index contributed by atoms with van der Waals surface area (Å²) in [5, 5.41) is 0. The molecule has 0 aromatic heterocycles. The molecule has 6 heterocycles. The first-order chi connectivity index (χ1) is 48.0. The van der Waals surface area contributed by atoms with Gasteiger partial charge in [0.2, 0.25) is 37.7 Å². The Hall–Kier alpha value is -8.46. The van der Waals surface area contributed by atoms with Gasteiger partial charge in [0.1, 0.15) is 74.1 Å². The van der Waals surface area contributed by atoms with Crippen molar-refractivity contribution >= 4 is 0 Å². The van der Waals surface area contributed by atoms with Crippen molar-refractivity contribution in [1.82, 2.24) is 0 Å². The molecule has 6 aliphatic rings. The zero-order valence-electron chi connectivity index (χ0n) is 61.4. The van der Waals surface area contributed by atoms with Gasteiger partial charge in [-0.05, 0) is 140 Å². The lowest BCUT2D eigenvalue weighted by atomic mass is 9.74. The van der Waals surface area contributed by atoms with Gasteiger partial charge in [0.15, 0.2) is 0 Å². The molecule has 0 spiro atoms. The van der Waals surface area contributed by atoms with E-state index in [2.05, 4.69) is 229 Å². The van der Waals surface area contributed by atoms with Crippen LogP contribution in [0.2, 0.25) is 0 Å². The molecule has 12 nitrogen and oxygen atoms in total. The minimum atomic E-state index is -0.110. The number of epoxide rings is 6. The average Bonchev–Trinajstić information content (AvgIpc) is 1.79. The monoisotopic (exact) mass is 1350 g/mol. The van der Waals surface area contributed by atoms with Crippen molar-refractivity contribution in [3.63, 3.8) is 0 Å². The van der Waals surface area contributed by atoms with E-state index < -0.39 is 0 Å². The second-order valence-corrected chi connectivity index (χ2v) is 28.9. The number of ether oxygens (including phenoxy) is 12. The molecule has 0 bridgehead atoms. The summed E-state index contributed by atoms with van der Waals surface area (Å²) in [6.45, 7) is 39.2. The van der Waals surface area contributed by atoms with Crippen molar-refractivity contribution in [1.29, 1.82) is 0 Å². The van der Waals surface area contributed by atoms with E-state index in [9.17, 15) is 0 Å². The molecule has 9 aromatic rings. The van der Waals surface area contributed by atoms with Crippen LogP contribution in [0.3, 0.4) is 0 Å². The molecular weight excluding hydrogens is 1250 g/mol. The van der Waals surface area contributed by atoms with Crippen LogP contribution in [0, 0.1) is 0 Å². The Morgan fingerprint density at radius 2 is 0.260 bits per heavy atom. The number of benzene rings is 9. The van der Waals surface area contributed by atoms with Crippen LogP contribution in [0.15, 0.2) is 218 Å². The average molecular weight is 1350 g/mol. The predicted molar refractivity (Wildman–Crippen MR) is 396 cm³/mol. The third-order valence-corrected chi connectivity index (χ3v) is 19.9. The van der Waals surface area contributed by atoms with E-state index in [1.165, 1.54) is 66.8 Å². The fraction of sp³-hybridized carbons (Fsp3) is 0.386. The van der Waals surface area contributed by atoms with Crippen LogP contribution in [0.5, 0.6) is 34.5 Å². The van der Waals surface area contributed by atoms with E-state index in [0.29, 0.717) is 39.6 Å². The molecule has 0 saturated carbocycles. The normalized spacial score (nSPS) is 19.3. The second kappa shape index (κ2) is 30.8. The molecule has 6 aliphatic heterocycles. The summed E-state index contributed by atoms with van der Waals surface area (Å²) in [5.41, 5.74) is 14.6. The summed E-state index contributed by atoms with van der Waals surface area (Å²) in [7, 11) is 0. The van der Waals surface area contributed by atoms with Gasteiger partial charge in [-0.3, -0.25) is 0 Å². The molecule has 6 saturated heterocycles. The molecule has 0 amide bonds. The summed E-state index contributed by atoms with van der Waals surface area (Å²) >= 11 is 0. The molecule has 12 heteroatoms. The maximum Gasteiger partial charge on any atom is 0.223 e. The van der Waals surface area contributed by atoms with Gasteiger partial charge in [0, 0.05) is 32.5 Å². The zero-order chi connectivity index (χ0) is 71.0. The molecule has 100 heavy (non-hydrogen) atoms. The van der Waals surface area contributed by atoms with E-state index >= 15 is 0 Å². The molecule has 526 valence electrons. The summed E-state index contributed by atoms with van der Waals surface area (Å²) in [4.78, 5) is 0. The Morgan fingerprint density at radius 3 is 0.340 bits per heavy atom. The molecule has 0 radical (unpaired) electrons. The van der Waals surface area contributed by atoms with Crippen molar-refractivity contribution in [3.8, 4) is 34.5 Å². The van der Waals surface area contributed by atoms with E-state index in [-0.39, 0.29) is 70.2 Å². The Bertz CT molecular complexity index is 3330. The highest BCUT2D eigenvalue weighted by molar-refractivity contribution is 5.49. The highest BCUT2D eigenvalue weighted by Crippen LogP contribution is 2.42. The highest BCUT2D eigenvalue weighted by atomic mass is 16.8. The lowest BCUT2D eigenvalue weighted by Crippen LogP contribution is -2.21. The zero-order valence-corrected chi connectivity index (χ0v) is 61.4. The standard InChI is InChI=1S/3C28H30O4.2C2H6/c3*1-27(2,21-9-13-23(14-10-21)31-25-17-29-25)19-5-7-20(8-6-19)28(3,4)22-11-15-24(16-12-22)32-26-18-30-26;2*1-2/h3*5-16,25-26H,17-18H2,1-4H3;2*1-2H3. The van der Waals surface area contributed by atoms with Crippen molar-refractivity contribution < 1.29 is 56.8 Å². The van der Waals surface area contributed by atoms with Gasteiger partial charge in [0.25, 0.3) is 0 Å². The Labute approximate surface area is 594 Å². The quantitative estimate of drug-likeness (QED) is 0.0534. The Balaban J connectivity index is 0.000000147. The van der Waals surface area contributed by atoms with Gasteiger partial charge in [-0.2, -0.15) is 0 Å². The van der Waals surface area contributed by atoms with Gasteiger partial charge < -0.3 is 56.8 Å². The van der Waals surface area contributed by atoms with Crippen molar-refractivity contribution in [2.75, 3.05) is 39.6 Å².